The zero-order chi connectivity index (χ0) is 16.2. The van der Waals surface area contributed by atoms with E-state index in [2.05, 4.69) is 19.8 Å². The first-order chi connectivity index (χ1) is 11.1. The fourth-order valence-electron chi connectivity index (χ4n) is 3.03. The second kappa shape index (κ2) is 7.04. The molecule has 0 amide bonds. The van der Waals surface area contributed by atoms with Crippen LogP contribution in [0.5, 0.6) is 0 Å². The third-order valence-electron chi connectivity index (χ3n) is 4.16. The highest BCUT2D eigenvalue weighted by atomic mass is 19.1. The SMILES string of the molecule is Cc1cc(C)nc(N2CCCN(Cc3ccc(F)cc3)CC2)n1. The molecule has 0 radical (unpaired) electrons. The van der Waals surface area contributed by atoms with E-state index in [1.54, 1.807) is 0 Å². The Morgan fingerprint density at radius 3 is 2.35 bits per heavy atom. The molecule has 0 bridgehead atoms. The Bertz CT molecular complexity index is 636. The molecule has 0 aliphatic carbocycles. The van der Waals surface area contributed by atoms with Crippen molar-refractivity contribution in [2.24, 2.45) is 0 Å². The first-order valence-corrected chi connectivity index (χ1v) is 8.14. The minimum Gasteiger partial charge on any atom is -0.339 e. The molecule has 5 heteroatoms. The molecule has 0 spiro atoms. The van der Waals surface area contributed by atoms with Crippen LogP contribution in [0.4, 0.5) is 10.3 Å². The minimum absolute atomic E-state index is 0.178. The average Bonchev–Trinajstić information content (AvgIpc) is 2.74. The van der Waals surface area contributed by atoms with E-state index in [9.17, 15) is 4.39 Å². The van der Waals surface area contributed by atoms with Crippen molar-refractivity contribution in [2.45, 2.75) is 26.8 Å². The van der Waals surface area contributed by atoms with Gasteiger partial charge in [0.2, 0.25) is 5.95 Å². The first-order valence-electron chi connectivity index (χ1n) is 8.14. The van der Waals surface area contributed by atoms with E-state index in [4.69, 9.17) is 0 Å². The summed E-state index contributed by atoms with van der Waals surface area (Å²) in [5, 5.41) is 0. The lowest BCUT2D eigenvalue weighted by Crippen LogP contribution is -2.31. The highest BCUT2D eigenvalue weighted by molar-refractivity contribution is 5.32. The lowest BCUT2D eigenvalue weighted by molar-refractivity contribution is 0.285. The average molecular weight is 314 g/mol. The highest BCUT2D eigenvalue weighted by Gasteiger charge is 2.17. The van der Waals surface area contributed by atoms with Gasteiger partial charge in [-0.15, -0.1) is 0 Å². The molecular weight excluding hydrogens is 291 g/mol. The molecule has 4 nitrogen and oxygen atoms in total. The van der Waals surface area contributed by atoms with Crippen LogP contribution in [0.1, 0.15) is 23.4 Å². The number of aryl methyl sites for hydroxylation is 2. The van der Waals surface area contributed by atoms with Crippen LogP contribution in [0.15, 0.2) is 30.3 Å². The van der Waals surface area contributed by atoms with Crippen LogP contribution in [0.25, 0.3) is 0 Å². The van der Waals surface area contributed by atoms with Crippen LogP contribution in [0.2, 0.25) is 0 Å². The molecule has 1 aromatic carbocycles. The van der Waals surface area contributed by atoms with Gasteiger partial charge in [-0.3, -0.25) is 4.90 Å². The Balaban J connectivity index is 1.63. The van der Waals surface area contributed by atoms with Gasteiger partial charge < -0.3 is 4.90 Å². The van der Waals surface area contributed by atoms with Gasteiger partial charge in [0.25, 0.3) is 0 Å². The molecule has 1 saturated heterocycles. The van der Waals surface area contributed by atoms with E-state index in [1.807, 2.05) is 32.0 Å². The maximum absolute atomic E-state index is 13.0. The van der Waals surface area contributed by atoms with E-state index in [0.717, 1.165) is 62.0 Å². The van der Waals surface area contributed by atoms with Crippen LogP contribution < -0.4 is 4.90 Å². The zero-order valence-corrected chi connectivity index (χ0v) is 13.8. The maximum atomic E-state index is 13.0. The van der Waals surface area contributed by atoms with Gasteiger partial charge in [0, 0.05) is 44.1 Å². The van der Waals surface area contributed by atoms with Gasteiger partial charge in [0.05, 0.1) is 0 Å². The summed E-state index contributed by atoms with van der Waals surface area (Å²) < 4.78 is 13.0. The van der Waals surface area contributed by atoms with Gasteiger partial charge in [0.1, 0.15) is 5.82 Å². The molecule has 2 aromatic rings. The number of hydrogen-bond acceptors (Lipinski definition) is 4. The lowest BCUT2D eigenvalue weighted by atomic mass is 10.2. The number of aromatic nitrogens is 2. The fraction of sp³-hybridized carbons (Fsp3) is 0.444. The predicted molar refractivity (Wildman–Crippen MR) is 90.0 cm³/mol. The lowest BCUT2D eigenvalue weighted by Gasteiger charge is -2.22. The third-order valence-corrected chi connectivity index (χ3v) is 4.16. The maximum Gasteiger partial charge on any atom is 0.225 e. The van der Waals surface area contributed by atoms with Crippen molar-refractivity contribution in [2.75, 3.05) is 31.1 Å². The van der Waals surface area contributed by atoms with E-state index in [0.29, 0.717) is 0 Å². The van der Waals surface area contributed by atoms with E-state index in [1.165, 1.54) is 12.1 Å². The second-order valence-corrected chi connectivity index (χ2v) is 6.19. The van der Waals surface area contributed by atoms with E-state index < -0.39 is 0 Å². The molecule has 23 heavy (non-hydrogen) atoms. The summed E-state index contributed by atoms with van der Waals surface area (Å²) in [4.78, 5) is 13.8. The summed E-state index contributed by atoms with van der Waals surface area (Å²) in [6.07, 6.45) is 1.08. The van der Waals surface area contributed by atoms with Crippen molar-refractivity contribution < 1.29 is 4.39 Å². The number of benzene rings is 1. The topological polar surface area (TPSA) is 32.3 Å². The molecule has 1 fully saturated rings. The van der Waals surface area contributed by atoms with Gasteiger partial charge in [-0.25, -0.2) is 14.4 Å². The Morgan fingerprint density at radius 1 is 0.957 bits per heavy atom. The number of halogens is 1. The van der Waals surface area contributed by atoms with Gasteiger partial charge >= 0.3 is 0 Å². The molecule has 2 heterocycles. The minimum atomic E-state index is -0.178. The van der Waals surface area contributed by atoms with Crippen molar-refractivity contribution in [3.05, 3.63) is 53.1 Å². The van der Waals surface area contributed by atoms with Crippen molar-refractivity contribution in [3.8, 4) is 0 Å². The van der Waals surface area contributed by atoms with Gasteiger partial charge in [0.15, 0.2) is 0 Å². The van der Waals surface area contributed by atoms with E-state index >= 15 is 0 Å². The largest absolute Gasteiger partial charge is 0.339 e. The predicted octanol–water partition coefficient (Wildman–Crippen LogP) is 2.94. The summed E-state index contributed by atoms with van der Waals surface area (Å²) in [5.74, 6) is 0.661. The number of nitrogens with zero attached hydrogens (tertiary/aromatic N) is 4. The normalized spacial score (nSPS) is 16.4. The monoisotopic (exact) mass is 314 g/mol. The fourth-order valence-corrected chi connectivity index (χ4v) is 3.03. The molecule has 1 aliphatic rings. The van der Waals surface area contributed by atoms with Crippen LogP contribution in [0, 0.1) is 19.7 Å². The number of anilines is 1. The Labute approximate surface area is 137 Å². The third kappa shape index (κ3) is 4.26. The highest BCUT2D eigenvalue weighted by Crippen LogP contribution is 2.15. The summed E-state index contributed by atoms with van der Waals surface area (Å²) in [7, 11) is 0. The molecule has 0 unspecified atom stereocenters. The van der Waals surface area contributed by atoms with E-state index in [-0.39, 0.29) is 5.82 Å². The molecular formula is C18H23FN4. The molecule has 1 aromatic heterocycles. The quantitative estimate of drug-likeness (QED) is 0.872. The Morgan fingerprint density at radius 2 is 1.65 bits per heavy atom. The van der Waals surface area contributed by atoms with Gasteiger partial charge in [-0.1, -0.05) is 12.1 Å². The first kappa shape index (κ1) is 15.9. The van der Waals surface area contributed by atoms with Crippen LogP contribution >= 0.6 is 0 Å². The molecule has 122 valence electrons. The molecule has 1 aliphatic heterocycles. The van der Waals surface area contributed by atoms with Gasteiger partial charge in [-0.05, 0) is 44.0 Å². The number of hydrogen-bond donors (Lipinski definition) is 0. The number of rotatable bonds is 3. The summed E-state index contributed by atoms with van der Waals surface area (Å²) >= 11 is 0. The molecule has 0 N–H and O–H groups in total. The van der Waals surface area contributed by atoms with Crippen molar-refractivity contribution >= 4 is 5.95 Å². The summed E-state index contributed by atoms with van der Waals surface area (Å²) in [6.45, 7) is 8.79. The van der Waals surface area contributed by atoms with Crippen molar-refractivity contribution in [1.82, 2.24) is 14.9 Å². The van der Waals surface area contributed by atoms with Crippen LogP contribution in [-0.4, -0.2) is 41.0 Å². The zero-order valence-electron chi connectivity index (χ0n) is 13.8. The molecule has 0 saturated carbocycles. The summed E-state index contributed by atoms with van der Waals surface area (Å²) in [5.41, 5.74) is 3.18. The van der Waals surface area contributed by atoms with Crippen LogP contribution in [0.3, 0.4) is 0 Å². The second-order valence-electron chi connectivity index (χ2n) is 6.19. The summed E-state index contributed by atoms with van der Waals surface area (Å²) in [6, 6.07) is 8.80. The molecule has 3 rings (SSSR count). The van der Waals surface area contributed by atoms with Crippen LogP contribution in [-0.2, 0) is 6.54 Å². The molecule has 0 atom stereocenters. The standard InChI is InChI=1S/C18H23FN4/c1-14-12-15(2)21-18(20-14)23-9-3-8-22(10-11-23)13-16-4-6-17(19)7-5-16/h4-7,12H,3,8-11,13H2,1-2H3. The van der Waals surface area contributed by atoms with Gasteiger partial charge in [-0.2, -0.15) is 0 Å². The Kier molecular flexibility index (Phi) is 4.86. The van der Waals surface area contributed by atoms with Crippen molar-refractivity contribution in [1.29, 1.82) is 0 Å². The Hall–Kier alpha value is -2.01. The smallest absolute Gasteiger partial charge is 0.225 e. The van der Waals surface area contributed by atoms with Crippen molar-refractivity contribution in [3.63, 3.8) is 0 Å².